The molecule has 0 amide bonds. The molecule has 1 saturated heterocycles. The normalized spacial score (nSPS) is 19.6. The number of hydrogen-bond acceptors (Lipinski definition) is 6. The third-order valence-electron chi connectivity index (χ3n) is 3.96. The van der Waals surface area contributed by atoms with Crippen LogP contribution in [0.15, 0.2) is 35.2 Å². The number of benzene rings is 1. The lowest BCUT2D eigenvalue weighted by atomic mass is 10.1. The maximum Gasteiger partial charge on any atom is 0.339 e. The molecule has 1 aliphatic heterocycles. The summed E-state index contributed by atoms with van der Waals surface area (Å²) < 4.78 is 31.4. The number of nitrogens with zero attached hydrogens (tertiary/aromatic N) is 2. The summed E-state index contributed by atoms with van der Waals surface area (Å²) in [6, 6.07) is 8.31. The Bertz CT molecular complexity index is 652. The number of sulfonamides is 1. The topological polar surface area (TPSA) is 87.2 Å². The first-order chi connectivity index (χ1) is 11.3. The molecule has 8 heteroatoms. The summed E-state index contributed by atoms with van der Waals surface area (Å²) in [4.78, 5) is 13.9. The largest absolute Gasteiger partial charge is 0.464 e. The van der Waals surface area contributed by atoms with Crippen LogP contribution in [0, 0.1) is 0 Å². The number of β-amino-alcohol motifs (C(OH)–C–C–N with tert-alkyl or cyclic N) is 1. The first kappa shape index (κ1) is 18.9. The number of rotatable bonds is 6. The lowest BCUT2D eigenvalue weighted by Gasteiger charge is -2.36. The Morgan fingerprint density at radius 2 is 1.79 bits per heavy atom. The number of aliphatic hydroxyl groups is 1. The van der Waals surface area contributed by atoms with Crippen molar-refractivity contribution in [3.05, 3.63) is 30.3 Å². The van der Waals surface area contributed by atoms with Crippen molar-refractivity contribution in [3.63, 3.8) is 0 Å². The molecular weight excluding hydrogens is 332 g/mol. The van der Waals surface area contributed by atoms with Crippen LogP contribution in [0.5, 0.6) is 0 Å². The monoisotopic (exact) mass is 356 g/mol. The summed E-state index contributed by atoms with van der Waals surface area (Å²) in [7, 11) is -3.50. The predicted molar refractivity (Wildman–Crippen MR) is 88.9 cm³/mol. The highest BCUT2D eigenvalue weighted by Gasteiger charge is 2.36. The van der Waals surface area contributed by atoms with E-state index in [1.807, 2.05) is 4.90 Å². The van der Waals surface area contributed by atoms with E-state index in [4.69, 9.17) is 4.74 Å². The van der Waals surface area contributed by atoms with Gasteiger partial charge in [0.05, 0.1) is 11.5 Å². The first-order valence-electron chi connectivity index (χ1n) is 7.94. The van der Waals surface area contributed by atoms with Gasteiger partial charge in [0.25, 0.3) is 0 Å². The zero-order valence-electron chi connectivity index (χ0n) is 14.0. The molecule has 1 aromatic carbocycles. The van der Waals surface area contributed by atoms with E-state index in [-0.39, 0.29) is 18.0 Å². The molecule has 7 nitrogen and oxygen atoms in total. The van der Waals surface area contributed by atoms with Crippen molar-refractivity contribution < 1.29 is 23.1 Å². The number of esters is 1. The maximum absolute atomic E-state index is 12.6. The SMILES string of the molecule is CCOC(=O)C(C)(O)CN1CCN(S(=O)(=O)c2ccccc2)CC1. The third-order valence-corrected chi connectivity index (χ3v) is 5.87. The van der Waals surface area contributed by atoms with Crippen molar-refractivity contribution in [2.45, 2.75) is 24.3 Å². The predicted octanol–water partition coefficient (Wildman–Crippen LogP) is 0.307. The van der Waals surface area contributed by atoms with E-state index < -0.39 is 21.6 Å². The van der Waals surface area contributed by atoms with Crippen LogP contribution < -0.4 is 0 Å². The van der Waals surface area contributed by atoms with Gasteiger partial charge in [0.15, 0.2) is 5.60 Å². The molecule has 1 fully saturated rings. The van der Waals surface area contributed by atoms with Crippen LogP contribution in [0.3, 0.4) is 0 Å². The van der Waals surface area contributed by atoms with Crippen LogP contribution in [0.4, 0.5) is 0 Å². The quantitative estimate of drug-likeness (QED) is 0.738. The van der Waals surface area contributed by atoms with Crippen molar-refractivity contribution in [3.8, 4) is 0 Å². The highest BCUT2D eigenvalue weighted by Crippen LogP contribution is 2.18. The smallest absolute Gasteiger partial charge is 0.339 e. The maximum atomic E-state index is 12.6. The zero-order chi connectivity index (χ0) is 17.8. The van der Waals surface area contributed by atoms with Gasteiger partial charge in [0, 0.05) is 32.7 Å². The van der Waals surface area contributed by atoms with Crippen LogP contribution in [0.25, 0.3) is 0 Å². The van der Waals surface area contributed by atoms with Gasteiger partial charge in [0.2, 0.25) is 10.0 Å². The van der Waals surface area contributed by atoms with Crippen molar-refractivity contribution >= 4 is 16.0 Å². The molecule has 1 heterocycles. The van der Waals surface area contributed by atoms with Crippen LogP contribution in [0.2, 0.25) is 0 Å². The molecule has 0 spiro atoms. The molecule has 0 saturated carbocycles. The van der Waals surface area contributed by atoms with Gasteiger partial charge in [0.1, 0.15) is 0 Å². The van der Waals surface area contributed by atoms with Gasteiger partial charge in [-0.1, -0.05) is 18.2 Å². The second-order valence-corrected chi connectivity index (χ2v) is 7.93. The molecule has 134 valence electrons. The minimum absolute atomic E-state index is 0.116. The van der Waals surface area contributed by atoms with E-state index in [0.29, 0.717) is 26.2 Å². The minimum Gasteiger partial charge on any atom is -0.464 e. The van der Waals surface area contributed by atoms with Crippen LogP contribution >= 0.6 is 0 Å². The van der Waals surface area contributed by atoms with E-state index in [2.05, 4.69) is 0 Å². The van der Waals surface area contributed by atoms with Crippen LogP contribution in [0.1, 0.15) is 13.8 Å². The molecule has 1 aromatic rings. The second-order valence-electron chi connectivity index (χ2n) is 5.99. The Balaban J connectivity index is 1.95. The average molecular weight is 356 g/mol. The molecule has 0 bridgehead atoms. The fourth-order valence-corrected chi connectivity index (χ4v) is 4.10. The van der Waals surface area contributed by atoms with Crippen molar-refractivity contribution in [1.29, 1.82) is 0 Å². The Labute approximate surface area is 142 Å². The van der Waals surface area contributed by atoms with Gasteiger partial charge in [-0.25, -0.2) is 13.2 Å². The zero-order valence-corrected chi connectivity index (χ0v) is 14.8. The van der Waals surface area contributed by atoms with E-state index in [1.165, 1.54) is 11.2 Å². The Hall–Kier alpha value is -1.48. The second kappa shape index (κ2) is 7.60. The summed E-state index contributed by atoms with van der Waals surface area (Å²) >= 11 is 0. The van der Waals surface area contributed by atoms with Gasteiger partial charge >= 0.3 is 5.97 Å². The molecule has 1 atom stereocenters. The number of piperazine rings is 1. The van der Waals surface area contributed by atoms with E-state index in [9.17, 15) is 18.3 Å². The summed E-state index contributed by atoms with van der Waals surface area (Å²) in [6.07, 6.45) is 0. The summed E-state index contributed by atoms with van der Waals surface area (Å²) in [6.45, 7) is 4.94. The van der Waals surface area contributed by atoms with Crippen LogP contribution in [-0.2, 0) is 19.6 Å². The molecule has 2 rings (SSSR count). The minimum atomic E-state index is -3.50. The van der Waals surface area contributed by atoms with E-state index >= 15 is 0 Å². The first-order valence-corrected chi connectivity index (χ1v) is 9.38. The fourth-order valence-electron chi connectivity index (χ4n) is 2.66. The lowest BCUT2D eigenvalue weighted by Crippen LogP contribution is -2.54. The number of carbonyl (C=O) groups excluding carboxylic acids is 1. The third kappa shape index (κ3) is 4.32. The summed E-state index contributed by atoms with van der Waals surface area (Å²) in [5, 5.41) is 10.2. The highest BCUT2D eigenvalue weighted by atomic mass is 32.2. The van der Waals surface area contributed by atoms with E-state index in [1.54, 1.807) is 37.3 Å². The lowest BCUT2D eigenvalue weighted by molar-refractivity contribution is -0.165. The highest BCUT2D eigenvalue weighted by molar-refractivity contribution is 7.89. The van der Waals surface area contributed by atoms with Crippen LogP contribution in [-0.4, -0.2) is 73.6 Å². The molecule has 0 radical (unpaired) electrons. The Morgan fingerprint density at radius 1 is 1.21 bits per heavy atom. The van der Waals surface area contributed by atoms with Crippen molar-refractivity contribution in [2.24, 2.45) is 0 Å². The Morgan fingerprint density at radius 3 is 2.33 bits per heavy atom. The molecule has 0 aliphatic carbocycles. The summed E-state index contributed by atoms with van der Waals surface area (Å²) in [5.41, 5.74) is -1.60. The van der Waals surface area contributed by atoms with Gasteiger partial charge < -0.3 is 9.84 Å². The molecule has 1 unspecified atom stereocenters. The standard InChI is InChI=1S/C16H24N2O5S/c1-3-23-15(19)16(2,20)13-17-9-11-18(12-10-17)24(21,22)14-7-5-4-6-8-14/h4-8,20H,3,9-13H2,1-2H3. The molecular formula is C16H24N2O5S. The molecule has 1 N–H and O–H groups in total. The van der Waals surface area contributed by atoms with Gasteiger partial charge in [-0.05, 0) is 26.0 Å². The molecule has 0 aromatic heterocycles. The van der Waals surface area contributed by atoms with Crippen molar-refractivity contribution in [2.75, 3.05) is 39.3 Å². The number of ether oxygens (including phenoxy) is 1. The van der Waals surface area contributed by atoms with Gasteiger partial charge in [-0.3, -0.25) is 4.90 Å². The molecule has 1 aliphatic rings. The van der Waals surface area contributed by atoms with Crippen molar-refractivity contribution in [1.82, 2.24) is 9.21 Å². The van der Waals surface area contributed by atoms with E-state index in [0.717, 1.165) is 0 Å². The average Bonchev–Trinajstić information content (AvgIpc) is 2.56. The van der Waals surface area contributed by atoms with Gasteiger partial charge in [-0.2, -0.15) is 4.31 Å². The molecule has 24 heavy (non-hydrogen) atoms. The van der Waals surface area contributed by atoms with Gasteiger partial charge in [-0.15, -0.1) is 0 Å². The summed E-state index contributed by atoms with van der Waals surface area (Å²) in [5.74, 6) is -0.663. The Kier molecular flexibility index (Phi) is 5.97. The fraction of sp³-hybridized carbons (Fsp3) is 0.562. The number of hydrogen-bond donors (Lipinski definition) is 1. The number of carbonyl (C=O) groups is 1.